The normalized spacial score (nSPS) is 17.6. The summed E-state index contributed by atoms with van der Waals surface area (Å²) in [6, 6.07) is 7.79. The summed E-state index contributed by atoms with van der Waals surface area (Å²) in [4.78, 5) is 13.4. The molecule has 1 fully saturated rings. The molecule has 1 aliphatic rings. The van der Waals surface area contributed by atoms with Crippen LogP contribution in [0.25, 0.3) is 0 Å². The molecule has 20 heavy (non-hydrogen) atoms. The lowest BCUT2D eigenvalue weighted by atomic mass is 9.87. The minimum Gasteiger partial charge on any atom is -0.444 e. The summed E-state index contributed by atoms with van der Waals surface area (Å²) < 4.78 is 6.25. The predicted molar refractivity (Wildman–Crippen MR) is 80.6 cm³/mol. The minimum absolute atomic E-state index is 0.309. The molecule has 0 radical (unpaired) electrons. The highest BCUT2D eigenvalue weighted by Crippen LogP contribution is 2.29. The highest BCUT2D eigenvalue weighted by molar-refractivity contribution is 9.10. The van der Waals surface area contributed by atoms with Crippen LogP contribution in [0.1, 0.15) is 26.3 Å². The predicted octanol–water partition coefficient (Wildman–Crippen LogP) is 2.97. The molecular formula is C15H20BrNO3. The van der Waals surface area contributed by atoms with Crippen molar-refractivity contribution in [3.8, 4) is 0 Å². The van der Waals surface area contributed by atoms with Gasteiger partial charge < -0.3 is 14.7 Å². The van der Waals surface area contributed by atoms with E-state index in [2.05, 4.69) is 15.9 Å². The molecule has 0 aliphatic carbocycles. The molecule has 110 valence electrons. The molecule has 0 saturated carbocycles. The van der Waals surface area contributed by atoms with E-state index >= 15 is 0 Å². The second kappa shape index (κ2) is 5.37. The summed E-state index contributed by atoms with van der Waals surface area (Å²) in [7, 11) is 0. The van der Waals surface area contributed by atoms with Gasteiger partial charge in [-0.2, -0.15) is 0 Å². The van der Waals surface area contributed by atoms with Gasteiger partial charge in [0.25, 0.3) is 0 Å². The van der Waals surface area contributed by atoms with E-state index in [4.69, 9.17) is 4.74 Å². The van der Waals surface area contributed by atoms with Crippen molar-refractivity contribution >= 4 is 22.0 Å². The largest absolute Gasteiger partial charge is 0.444 e. The number of hydrogen-bond donors (Lipinski definition) is 1. The monoisotopic (exact) mass is 341 g/mol. The summed E-state index contributed by atoms with van der Waals surface area (Å²) in [5.74, 6) is 0. The summed E-state index contributed by atoms with van der Waals surface area (Å²) in [5, 5.41) is 10.4. The summed E-state index contributed by atoms with van der Waals surface area (Å²) in [6.45, 7) is 6.11. The third-order valence-electron chi connectivity index (χ3n) is 3.10. The van der Waals surface area contributed by atoms with Crippen LogP contribution in [0.2, 0.25) is 0 Å². The fourth-order valence-electron chi connectivity index (χ4n) is 2.23. The van der Waals surface area contributed by atoms with E-state index in [-0.39, 0.29) is 6.09 Å². The topological polar surface area (TPSA) is 49.8 Å². The van der Waals surface area contributed by atoms with Crippen molar-refractivity contribution in [1.29, 1.82) is 0 Å². The summed E-state index contributed by atoms with van der Waals surface area (Å²) in [5.41, 5.74) is -0.326. The van der Waals surface area contributed by atoms with E-state index in [0.717, 1.165) is 10.0 Å². The molecule has 0 bridgehead atoms. The number of β-amino-alcohol motifs (C(OH)–C–C–N with tert-alkyl or cyclic N) is 1. The molecule has 1 N–H and O–H groups in total. The van der Waals surface area contributed by atoms with Gasteiger partial charge in [0.2, 0.25) is 0 Å². The van der Waals surface area contributed by atoms with Crippen molar-refractivity contribution in [2.24, 2.45) is 0 Å². The van der Waals surface area contributed by atoms with Gasteiger partial charge in [0.05, 0.1) is 13.1 Å². The fraction of sp³-hybridized carbons (Fsp3) is 0.533. The van der Waals surface area contributed by atoms with E-state index in [1.807, 2.05) is 45.0 Å². The van der Waals surface area contributed by atoms with Gasteiger partial charge in [0.15, 0.2) is 0 Å². The number of halogens is 1. The molecule has 1 heterocycles. The number of rotatable bonds is 2. The van der Waals surface area contributed by atoms with Gasteiger partial charge >= 0.3 is 6.09 Å². The summed E-state index contributed by atoms with van der Waals surface area (Å²) in [6.07, 6.45) is 0.155. The van der Waals surface area contributed by atoms with Crippen molar-refractivity contribution in [2.45, 2.75) is 38.4 Å². The molecule has 1 saturated heterocycles. The molecule has 2 rings (SSSR count). The van der Waals surface area contributed by atoms with E-state index in [1.54, 1.807) is 0 Å². The zero-order chi connectivity index (χ0) is 15.0. The maximum Gasteiger partial charge on any atom is 0.410 e. The van der Waals surface area contributed by atoms with E-state index < -0.39 is 11.2 Å². The number of amides is 1. The quantitative estimate of drug-likeness (QED) is 0.899. The molecule has 0 unspecified atom stereocenters. The highest BCUT2D eigenvalue weighted by Gasteiger charge is 2.45. The van der Waals surface area contributed by atoms with Crippen LogP contribution in [0.4, 0.5) is 4.79 Å². The number of ether oxygens (including phenoxy) is 1. The van der Waals surface area contributed by atoms with Crippen LogP contribution in [0.15, 0.2) is 28.7 Å². The first-order valence-corrected chi connectivity index (χ1v) is 7.42. The first-order valence-electron chi connectivity index (χ1n) is 6.62. The van der Waals surface area contributed by atoms with Crippen LogP contribution < -0.4 is 0 Å². The first-order chi connectivity index (χ1) is 9.19. The maximum absolute atomic E-state index is 11.8. The molecule has 0 atom stereocenters. The van der Waals surface area contributed by atoms with Gasteiger partial charge in [-0.05, 0) is 32.4 Å². The summed E-state index contributed by atoms with van der Waals surface area (Å²) >= 11 is 3.47. The van der Waals surface area contributed by atoms with Crippen LogP contribution in [0.5, 0.6) is 0 Å². The Bertz CT molecular complexity index is 504. The zero-order valence-electron chi connectivity index (χ0n) is 12.0. The van der Waals surface area contributed by atoms with Crippen LogP contribution in [-0.2, 0) is 11.2 Å². The average molecular weight is 342 g/mol. The number of carbonyl (C=O) groups excluding carboxylic acids is 1. The fourth-order valence-corrected chi connectivity index (χ4v) is 2.65. The number of nitrogens with zero attached hydrogens (tertiary/aromatic N) is 1. The van der Waals surface area contributed by atoms with Gasteiger partial charge in [0, 0.05) is 10.9 Å². The first kappa shape index (κ1) is 15.3. The second-order valence-corrected chi connectivity index (χ2v) is 7.18. The molecule has 5 heteroatoms. The van der Waals surface area contributed by atoms with Crippen LogP contribution in [0.3, 0.4) is 0 Å². The van der Waals surface area contributed by atoms with Crippen molar-refractivity contribution in [1.82, 2.24) is 4.90 Å². The Labute approximate surface area is 127 Å². The standard InChI is InChI=1S/C15H20BrNO3/c1-14(2,3)20-13(18)17-9-15(19,10-17)8-11-6-4-5-7-12(11)16/h4-7,19H,8-10H2,1-3H3. The van der Waals surface area contributed by atoms with Crippen molar-refractivity contribution < 1.29 is 14.6 Å². The Morgan fingerprint density at radius 1 is 1.40 bits per heavy atom. The number of aliphatic hydroxyl groups is 1. The SMILES string of the molecule is CC(C)(C)OC(=O)N1CC(O)(Cc2ccccc2Br)C1. The van der Waals surface area contributed by atoms with E-state index in [0.29, 0.717) is 19.5 Å². The van der Waals surface area contributed by atoms with Gasteiger partial charge in [-0.15, -0.1) is 0 Å². The smallest absolute Gasteiger partial charge is 0.410 e. The highest BCUT2D eigenvalue weighted by atomic mass is 79.9. The van der Waals surface area contributed by atoms with Crippen molar-refractivity contribution in [2.75, 3.05) is 13.1 Å². The van der Waals surface area contributed by atoms with Crippen molar-refractivity contribution in [3.63, 3.8) is 0 Å². The molecule has 1 aromatic rings. The van der Waals surface area contributed by atoms with E-state index in [1.165, 1.54) is 4.90 Å². The third kappa shape index (κ3) is 3.73. The number of likely N-dealkylation sites (tertiary alicyclic amines) is 1. The second-order valence-electron chi connectivity index (χ2n) is 6.33. The number of carbonyl (C=O) groups is 1. The van der Waals surface area contributed by atoms with E-state index in [9.17, 15) is 9.90 Å². The van der Waals surface area contributed by atoms with Gasteiger partial charge in [-0.3, -0.25) is 0 Å². The molecule has 0 spiro atoms. The van der Waals surface area contributed by atoms with Crippen LogP contribution in [0, 0.1) is 0 Å². The molecule has 0 aromatic heterocycles. The zero-order valence-corrected chi connectivity index (χ0v) is 13.6. The Morgan fingerprint density at radius 3 is 2.55 bits per heavy atom. The third-order valence-corrected chi connectivity index (χ3v) is 3.87. The maximum atomic E-state index is 11.8. The van der Waals surface area contributed by atoms with Crippen molar-refractivity contribution in [3.05, 3.63) is 34.3 Å². The Balaban J connectivity index is 1.91. The Kier molecular flexibility index (Phi) is 4.12. The van der Waals surface area contributed by atoms with Crippen LogP contribution in [-0.4, -0.2) is 40.4 Å². The van der Waals surface area contributed by atoms with Gasteiger partial charge in [0.1, 0.15) is 11.2 Å². The molecule has 1 aromatic carbocycles. The Hall–Kier alpha value is -1.07. The Morgan fingerprint density at radius 2 is 2.00 bits per heavy atom. The lowest BCUT2D eigenvalue weighted by molar-refractivity contribution is -0.0974. The lowest BCUT2D eigenvalue weighted by Gasteiger charge is -2.46. The number of hydrogen-bond acceptors (Lipinski definition) is 3. The van der Waals surface area contributed by atoms with Crippen LogP contribution >= 0.6 is 15.9 Å². The minimum atomic E-state index is -0.860. The molecular weight excluding hydrogens is 322 g/mol. The molecule has 1 aliphatic heterocycles. The lowest BCUT2D eigenvalue weighted by Crippen LogP contribution is -2.65. The van der Waals surface area contributed by atoms with Gasteiger partial charge in [-0.1, -0.05) is 34.1 Å². The average Bonchev–Trinajstić information content (AvgIpc) is 2.26. The molecule has 4 nitrogen and oxygen atoms in total. The molecule has 1 amide bonds. The number of benzene rings is 1. The van der Waals surface area contributed by atoms with Gasteiger partial charge in [-0.25, -0.2) is 4.79 Å².